The van der Waals surface area contributed by atoms with Gasteiger partial charge in [0.1, 0.15) is 0 Å². The number of nitrogens with zero attached hydrogens (tertiary/aromatic N) is 1. The number of nitrogens with one attached hydrogen (secondary N) is 1. The molecule has 0 saturated heterocycles. The lowest BCUT2D eigenvalue weighted by molar-refractivity contribution is -0.116. The number of carbonyl (C=O) groups excluding carboxylic acids is 1. The molecule has 2 aromatic rings. The maximum absolute atomic E-state index is 11.5. The van der Waals surface area contributed by atoms with Crippen LogP contribution >= 0.6 is 0 Å². The van der Waals surface area contributed by atoms with Crippen LogP contribution in [0.25, 0.3) is 10.9 Å². The lowest BCUT2D eigenvalue weighted by Crippen LogP contribution is -2.25. The van der Waals surface area contributed by atoms with E-state index in [1.165, 1.54) is 17.0 Å². The van der Waals surface area contributed by atoms with Crippen molar-refractivity contribution in [3.63, 3.8) is 0 Å². The monoisotopic (exact) mass is 254 g/mol. The highest BCUT2D eigenvalue weighted by Gasteiger charge is 2.00. The standard InChI is InChI=1S/C16H18N2O/c1-2-3-4-9-16(19)17-11-13-18-12-10-14-7-5-6-8-15(14)18/h2-10,12H,11,13H2,1H3,(H,17,19)/b3-2+,9-4+. The van der Waals surface area contributed by atoms with E-state index in [9.17, 15) is 4.79 Å². The molecule has 1 aromatic heterocycles. The van der Waals surface area contributed by atoms with E-state index in [4.69, 9.17) is 0 Å². The molecule has 0 unspecified atom stereocenters. The van der Waals surface area contributed by atoms with Crippen molar-refractivity contribution in [1.82, 2.24) is 9.88 Å². The molecule has 1 N–H and O–H groups in total. The Bertz CT molecular complexity index is 608. The molecule has 19 heavy (non-hydrogen) atoms. The molecule has 3 heteroatoms. The fraction of sp³-hybridized carbons (Fsp3) is 0.188. The van der Waals surface area contributed by atoms with Gasteiger partial charge in [0.2, 0.25) is 5.91 Å². The average molecular weight is 254 g/mol. The van der Waals surface area contributed by atoms with Gasteiger partial charge in [0.25, 0.3) is 0 Å². The number of hydrogen-bond donors (Lipinski definition) is 1. The van der Waals surface area contributed by atoms with Crippen molar-refractivity contribution in [3.05, 3.63) is 60.8 Å². The van der Waals surface area contributed by atoms with E-state index in [-0.39, 0.29) is 5.91 Å². The Morgan fingerprint density at radius 2 is 2.11 bits per heavy atom. The van der Waals surface area contributed by atoms with Crippen molar-refractivity contribution in [1.29, 1.82) is 0 Å². The minimum absolute atomic E-state index is 0.0606. The molecule has 1 heterocycles. The number of hydrogen-bond acceptors (Lipinski definition) is 1. The van der Waals surface area contributed by atoms with Crippen LogP contribution in [0.2, 0.25) is 0 Å². The summed E-state index contributed by atoms with van der Waals surface area (Å²) in [4.78, 5) is 11.5. The molecular weight excluding hydrogens is 236 g/mol. The van der Waals surface area contributed by atoms with Crippen LogP contribution in [-0.2, 0) is 11.3 Å². The minimum Gasteiger partial charge on any atom is -0.351 e. The zero-order valence-electron chi connectivity index (χ0n) is 11.0. The topological polar surface area (TPSA) is 34.0 Å². The normalized spacial score (nSPS) is 11.6. The van der Waals surface area contributed by atoms with E-state index in [0.29, 0.717) is 6.54 Å². The van der Waals surface area contributed by atoms with Crippen LogP contribution in [0.5, 0.6) is 0 Å². The summed E-state index contributed by atoms with van der Waals surface area (Å²) in [6.07, 6.45) is 9.04. The Hall–Kier alpha value is -2.29. The third-order valence-electron chi connectivity index (χ3n) is 2.88. The quantitative estimate of drug-likeness (QED) is 0.646. The molecule has 0 fully saturated rings. The van der Waals surface area contributed by atoms with Gasteiger partial charge in [-0.05, 0) is 24.4 Å². The number of benzene rings is 1. The summed E-state index contributed by atoms with van der Waals surface area (Å²) < 4.78 is 2.14. The van der Waals surface area contributed by atoms with Crippen molar-refractivity contribution in [2.75, 3.05) is 6.54 Å². The molecule has 1 aromatic carbocycles. The molecule has 2 rings (SSSR count). The first-order valence-corrected chi connectivity index (χ1v) is 6.42. The van der Waals surface area contributed by atoms with Gasteiger partial charge in [-0.3, -0.25) is 4.79 Å². The van der Waals surface area contributed by atoms with E-state index >= 15 is 0 Å². The van der Waals surface area contributed by atoms with E-state index in [0.717, 1.165) is 6.54 Å². The van der Waals surface area contributed by atoms with Gasteiger partial charge in [-0.1, -0.05) is 36.4 Å². The molecule has 98 valence electrons. The molecule has 0 atom stereocenters. The third kappa shape index (κ3) is 3.58. The summed E-state index contributed by atoms with van der Waals surface area (Å²) >= 11 is 0. The summed E-state index contributed by atoms with van der Waals surface area (Å²) in [5.41, 5.74) is 1.20. The van der Waals surface area contributed by atoms with Crippen LogP contribution in [0.4, 0.5) is 0 Å². The Kier molecular flexibility index (Phi) is 4.56. The van der Waals surface area contributed by atoms with Gasteiger partial charge >= 0.3 is 0 Å². The number of allylic oxidation sites excluding steroid dienone is 3. The average Bonchev–Trinajstić information content (AvgIpc) is 2.83. The summed E-state index contributed by atoms with van der Waals surface area (Å²) in [6.45, 7) is 3.31. The molecule has 0 saturated carbocycles. The predicted octanol–water partition coefficient (Wildman–Crippen LogP) is 2.89. The second-order valence-electron chi connectivity index (χ2n) is 4.24. The first-order chi connectivity index (χ1) is 9.31. The molecule has 3 nitrogen and oxygen atoms in total. The number of fused-ring (bicyclic) bond motifs is 1. The number of carbonyl (C=O) groups is 1. The van der Waals surface area contributed by atoms with Crippen LogP contribution < -0.4 is 5.32 Å². The summed E-state index contributed by atoms with van der Waals surface area (Å²) in [5, 5.41) is 4.09. The van der Waals surface area contributed by atoms with Gasteiger partial charge in [0.15, 0.2) is 0 Å². The smallest absolute Gasteiger partial charge is 0.244 e. The Labute approximate surface area is 113 Å². The highest BCUT2D eigenvalue weighted by molar-refractivity contribution is 5.87. The van der Waals surface area contributed by atoms with Crippen LogP contribution in [0.1, 0.15) is 6.92 Å². The molecule has 0 spiro atoms. The maximum Gasteiger partial charge on any atom is 0.244 e. The number of para-hydroxylation sites is 1. The Balaban J connectivity index is 1.87. The summed E-state index contributed by atoms with van der Waals surface area (Å²) in [7, 11) is 0. The lowest BCUT2D eigenvalue weighted by atomic mass is 10.2. The largest absolute Gasteiger partial charge is 0.351 e. The van der Waals surface area contributed by atoms with E-state index in [1.807, 2.05) is 37.4 Å². The van der Waals surface area contributed by atoms with Crippen molar-refractivity contribution in [3.8, 4) is 0 Å². The van der Waals surface area contributed by atoms with Crippen LogP contribution in [0, 0.1) is 0 Å². The van der Waals surface area contributed by atoms with Gasteiger partial charge in [-0.2, -0.15) is 0 Å². The first kappa shape index (κ1) is 13.1. The fourth-order valence-corrected chi connectivity index (χ4v) is 1.95. The number of rotatable bonds is 5. The third-order valence-corrected chi connectivity index (χ3v) is 2.88. The van der Waals surface area contributed by atoms with Crippen molar-refractivity contribution < 1.29 is 4.79 Å². The van der Waals surface area contributed by atoms with E-state index in [2.05, 4.69) is 28.1 Å². The van der Waals surface area contributed by atoms with Crippen LogP contribution in [-0.4, -0.2) is 17.0 Å². The molecule has 0 bridgehead atoms. The molecule has 0 aliphatic rings. The van der Waals surface area contributed by atoms with Crippen molar-refractivity contribution in [2.24, 2.45) is 0 Å². The Morgan fingerprint density at radius 3 is 2.95 bits per heavy atom. The van der Waals surface area contributed by atoms with Crippen LogP contribution in [0.15, 0.2) is 60.8 Å². The minimum atomic E-state index is -0.0606. The highest BCUT2D eigenvalue weighted by atomic mass is 16.1. The van der Waals surface area contributed by atoms with E-state index in [1.54, 1.807) is 6.08 Å². The number of amides is 1. The molecular formula is C16H18N2O. The van der Waals surface area contributed by atoms with E-state index < -0.39 is 0 Å². The van der Waals surface area contributed by atoms with Gasteiger partial charge in [0.05, 0.1) is 0 Å². The zero-order valence-corrected chi connectivity index (χ0v) is 11.0. The second kappa shape index (κ2) is 6.59. The summed E-state index contributed by atoms with van der Waals surface area (Å²) in [6, 6.07) is 10.3. The maximum atomic E-state index is 11.5. The molecule has 0 radical (unpaired) electrons. The zero-order chi connectivity index (χ0) is 13.5. The highest BCUT2D eigenvalue weighted by Crippen LogP contribution is 2.14. The number of aromatic nitrogens is 1. The first-order valence-electron chi connectivity index (χ1n) is 6.42. The van der Waals surface area contributed by atoms with Gasteiger partial charge in [0, 0.05) is 30.9 Å². The fourth-order valence-electron chi connectivity index (χ4n) is 1.95. The van der Waals surface area contributed by atoms with Crippen LogP contribution in [0.3, 0.4) is 0 Å². The van der Waals surface area contributed by atoms with Gasteiger partial charge in [-0.25, -0.2) is 0 Å². The molecule has 0 aliphatic carbocycles. The molecule has 1 amide bonds. The van der Waals surface area contributed by atoms with Gasteiger partial charge in [-0.15, -0.1) is 0 Å². The predicted molar refractivity (Wildman–Crippen MR) is 78.9 cm³/mol. The second-order valence-corrected chi connectivity index (χ2v) is 4.24. The van der Waals surface area contributed by atoms with Gasteiger partial charge < -0.3 is 9.88 Å². The SMILES string of the molecule is C/C=C/C=C/C(=O)NCCn1ccc2ccccc21. The lowest BCUT2D eigenvalue weighted by Gasteiger charge is -2.05. The van der Waals surface area contributed by atoms with Crippen molar-refractivity contribution >= 4 is 16.8 Å². The summed E-state index contributed by atoms with van der Waals surface area (Å²) in [5.74, 6) is -0.0606. The van der Waals surface area contributed by atoms with Crippen molar-refractivity contribution in [2.45, 2.75) is 13.5 Å². The molecule has 0 aliphatic heterocycles. The Morgan fingerprint density at radius 1 is 1.26 bits per heavy atom.